The van der Waals surface area contributed by atoms with E-state index in [2.05, 4.69) is 19.6 Å². The molecule has 0 N–H and O–H groups in total. The van der Waals surface area contributed by atoms with Crippen LogP contribution in [0.15, 0.2) is 0 Å². The molecule has 0 aromatic carbocycles. The van der Waals surface area contributed by atoms with E-state index in [1.54, 1.807) is 0 Å². The Balaban J connectivity index is 2.41. The Morgan fingerprint density at radius 1 is 1.17 bits per heavy atom. The molecule has 0 amide bonds. The third kappa shape index (κ3) is 2.71. The molecule has 12 heavy (non-hydrogen) atoms. The maximum Gasteiger partial charge on any atom is 0.176 e. The molecule has 0 spiro atoms. The van der Waals surface area contributed by atoms with Crippen LogP contribution < -0.4 is 0 Å². The van der Waals surface area contributed by atoms with Crippen LogP contribution in [-0.2, 0) is 4.12 Å². The SMILES string of the molecule is C[SiH2]O[Si](C)(C)C1CCCCC1. The fourth-order valence-electron chi connectivity index (χ4n) is 2.29. The summed E-state index contributed by atoms with van der Waals surface area (Å²) in [6, 6.07) is 0. The topological polar surface area (TPSA) is 9.23 Å². The highest BCUT2D eigenvalue weighted by molar-refractivity contribution is 6.76. The molecule has 0 heterocycles. The van der Waals surface area contributed by atoms with Crippen molar-refractivity contribution in [3.63, 3.8) is 0 Å². The molecule has 0 aliphatic heterocycles. The molecule has 0 atom stereocenters. The molecular formula is C9H22OSi2. The second-order valence-electron chi connectivity index (χ2n) is 4.37. The molecule has 0 unspecified atom stereocenters. The van der Waals surface area contributed by atoms with E-state index in [-0.39, 0.29) is 9.76 Å². The molecule has 72 valence electrons. The average Bonchev–Trinajstić information content (AvgIpc) is 2.06. The van der Waals surface area contributed by atoms with E-state index in [1.165, 1.54) is 32.1 Å². The van der Waals surface area contributed by atoms with Gasteiger partial charge in [0.25, 0.3) is 0 Å². The average molecular weight is 202 g/mol. The van der Waals surface area contributed by atoms with Gasteiger partial charge in [-0.3, -0.25) is 0 Å². The first-order valence-electron chi connectivity index (χ1n) is 5.31. The van der Waals surface area contributed by atoms with E-state index in [0.717, 1.165) is 5.54 Å². The van der Waals surface area contributed by atoms with Crippen LogP contribution in [0.3, 0.4) is 0 Å². The van der Waals surface area contributed by atoms with Gasteiger partial charge in [0.05, 0.1) is 0 Å². The van der Waals surface area contributed by atoms with Crippen LogP contribution in [0, 0.1) is 0 Å². The summed E-state index contributed by atoms with van der Waals surface area (Å²) < 4.78 is 6.05. The van der Waals surface area contributed by atoms with Gasteiger partial charge in [-0.05, 0) is 18.6 Å². The summed E-state index contributed by atoms with van der Waals surface area (Å²) in [7, 11) is -1.41. The third-order valence-electron chi connectivity index (χ3n) is 3.10. The zero-order chi connectivity index (χ0) is 9.03. The molecule has 0 saturated heterocycles. The first-order valence-corrected chi connectivity index (χ1v) is 10.3. The van der Waals surface area contributed by atoms with E-state index in [4.69, 9.17) is 4.12 Å². The van der Waals surface area contributed by atoms with E-state index >= 15 is 0 Å². The largest absolute Gasteiger partial charge is 0.461 e. The van der Waals surface area contributed by atoms with E-state index in [0.29, 0.717) is 0 Å². The molecule has 0 aromatic heterocycles. The second-order valence-corrected chi connectivity index (χ2v) is 10.1. The Morgan fingerprint density at radius 3 is 2.25 bits per heavy atom. The van der Waals surface area contributed by atoms with Gasteiger partial charge in [-0.15, -0.1) is 0 Å². The first kappa shape index (κ1) is 10.5. The van der Waals surface area contributed by atoms with Crippen molar-refractivity contribution in [1.82, 2.24) is 0 Å². The van der Waals surface area contributed by atoms with Crippen LogP contribution in [0.1, 0.15) is 32.1 Å². The maximum absolute atomic E-state index is 6.05. The van der Waals surface area contributed by atoms with Gasteiger partial charge in [-0.2, -0.15) is 0 Å². The summed E-state index contributed by atoms with van der Waals surface area (Å²) in [6.07, 6.45) is 7.28. The van der Waals surface area contributed by atoms with Crippen molar-refractivity contribution < 1.29 is 4.12 Å². The molecular weight excluding hydrogens is 180 g/mol. The zero-order valence-electron chi connectivity index (χ0n) is 8.73. The minimum Gasteiger partial charge on any atom is -0.461 e. The predicted octanol–water partition coefficient (Wildman–Crippen LogP) is 2.67. The van der Waals surface area contributed by atoms with Gasteiger partial charge in [0.2, 0.25) is 0 Å². The van der Waals surface area contributed by atoms with Gasteiger partial charge < -0.3 is 4.12 Å². The first-order chi connectivity index (χ1) is 5.67. The van der Waals surface area contributed by atoms with Gasteiger partial charge >= 0.3 is 0 Å². The van der Waals surface area contributed by atoms with Crippen LogP contribution in [-0.4, -0.2) is 18.1 Å². The van der Waals surface area contributed by atoms with Gasteiger partial charge in [-0.1, -0.05) is 38.7 Å². The smallest absolute Gasteiger partial charge is 0.176 e. The maximum atomic E-state index is 6.05. The molecule has 0 aromatic rings. The zero-order valence-corrected chi connectivity index (χ0v) is 11.1. The normalized spacial score (nSPS) is 22.2. The van der Waals surface area contributed by atoms with E-state index in [9.17, 15) is 0 Å². The van der Waals surface area contributed by atoms with Crippen LogP contribution in [0.4, 0.5) is 0 Å². The van der Waals surface area contributed by atoms with Gasteiger partial charge in [-0.25, -0.2) is 0 Å². The fraction of sp³-hybridized carbons (Fsp3) is 1.00. The van der Waals surface area contributed by atoms with Crippen molar-refractivity contribution in [3.8, 4) is 0 Å². The quantitative estimate of drug-likeness (QED) is 0.640. The molecule has 1 aliphatic carbocycles. The minimum atomic E-state index is -1.24. The lowest BCUT2D eigenvalue weighted by Gasteiger charge is -2.34. The van der Waals surface area contributed by atoms with Crippen LogP contribution in [0.2, 0.25) is 25.2 Å². The van der Waals surface area contributed by atoms with E-state index in [1.807, 2.05) is 0 Å². The number of hydrogen-bond donors (Lipinski definition) is 0. The summed E-state index contributed by atoms with van der Waals surface area (Å²) in [5.41, 5.74) is 0.971. The summed E-state index contributed by atoms with van der Waals surface area (Å²) >= 11 is 0. The number of rotatable bonds is 3. The van der Waals surface area contributed by atoms with Crippen molar-refractivity contribution in [1.29, 1.82) is 0 Å². The monoisotopic (exact) mass is 202 g/mol. The lowest BCUT2D eigenvalue weighted by Crippen LogP contribution is -2.38. The lowest BCUT2D eigenvalue weighted by molar-refractivity contribution is 0.449. The minimum absolute atomic E-state index is 0.173. The third-order valence-corrected chi connectivity index (χ3v) is 9.78. The van der Waals surface area contributed by atoms with E-state index < -0.39 is 8.32 Å². The summed E-state index contributed by atoms with van der Waals surface area (Å²) in [6.45, 7) is 7.09. The van der Waals surface area contributed by atoms with Crippen molar-refractivity contribution >= 4 is 18.1 Å². The molecule has 0 radical (unpaired) electrons. The fourth-order valence-corrected chi connectivity index (χ4v) is 8.01. The van der Waals surface area contributed by atoms with Gasteiger partial charge in [0.1, 0.15) is 9.76 Å². The molecule has 0 bridgehead atoms. The van der Waals surface area contributed by atoms with Crippen molar-refractivity contribution in [2.45, 2.75) is 57.3 Å². The molecule has 3 heteroatoms. The van der Waals surface area contributed by atoms with Crippen LogP contribution in [0.25, 0.3) is 0 Å². The second kappa shape index (κ2) is 4.58. The van der Waals surface area contributed by atoms with Crippen molar-refractivity contribution in [3.05, 3.63) is 0 Å². The summed E-state index contributed by atoms with van der Waals surface area (Å²) in [5.74, 6) is 0. The lowest BCUT2D eigenvalue weighted by atomic mass is 10.0. The highest BCUT2D eigenvalue weighted by Gasteiger charge is 2.33. The Labute approximate surface area is 80.0 Å². The van der Waals surface area contributed by atoms with Crippen molar-refractivity contribution in [2.24, 2.45) is 0 Å². The van der Waals surface area contributed by atoms with Crippen LogP contribution >= 0.6 is 0 Å². The Hall–Kier alpha value is 0.394. The Kier molecular flexibility index (Phi) is 4.00. The van der Waals surface area contributed by atoms with Gasteiger partial charge in [0, 0.05) is 0 Å². The predicted molar refractivity (Wildman–Crippen MR) is 59.8 cm³/mol. The standard InChI is InChI=1S/C9H22OSi2/c1-11-10-12(2,3)9-7-5-4-6-8-9/h9H,4-8,11H2,1-3H3. The Bertz CT molecular complexity index is 130. The molecule has 1 saturated carbocycles. The summed E-state index contributed by atoms with van der Waals surface area (Å²) in [5, 5.41) is 0. The molecule has 1 aliphatic rings. The molecule has 1 rings (SSSR count). The molecule has 1 nitrogen and oxygen atoms in total. The summed E-state index contributed by atoms with van der Waals surface area (Å²) in [4.78, 5) is 0. The molecule has 1 fully saturated rings. The number of hydrogen-bond acceptors (Lipinski definition) is 1. The highest BCUT2D eigenvalue weighted by atomic mass is 28.4. The van der Waals surface area contributed by atoms with Crippen LogP contribution in [0.5, 0.6) is 0 Å². The highest BCUT2D eigenvalue weighted by Crippen LogP contribution is 2.37. The van der Waals surface area contributed by atoms with Gasteiger partial charge in [0.15, 0.2) is 8.32 Å². The van der Waals surface area contributed by atoms with Crippen molar-refractivity contribution in [2.75, 3.05) is 0 Å². The Morgan fingerprint density at radius 2 is 1.75 bits per heavy atom.